The Bertz CT molecular complexity index is 1180. The smallest absolute Gasteiger partial charge is 0.147 e. The Morgan fingerprint density at radius 2 is 1.87 bits per heavy atom. The van der Waals surface area contributed by atoms with Crippen molar-refractivity contribution in [3.8, 4) is 11.4 Å². The van der Waals surface area contributed by atoms with Gasteiger partial charge < -0.3 is 15.0 Å². The maximum atomic E-state index is 9.77. The van der Waals surface area contributed by atoms with E-state index >= 15 is 0 Å². The Kier molecular flexibility index (Phi) is 8.60. The molecule has 0 spiro atoms. The maximum absolute atomic E-state index is 9.77. The molecule has 38 heavy (non-hydrogen) atoms. The number of rotatable bonds is 8. The SMILES string of the molecule is CC[C@H]1CN(c2ncc(-c3ncc[nH]3)cc2Cl)CCN1C1(C)CCN(C(CCO)c2ccc(Cl)cc2)CC1. The lowest BCUT2D eigenvalue weighted by Gasteiger charge is -2.54. The van der Waals surface area contributed by atoms with Crippen molar-refractivity contribution in [1.29, 1.82) is 0 Å². The number of piperidine rings is 1. The molecule has 2 aromatic heterocycles. The Morgan fingerprint density at radius 1 is 1.11 bits per heavy atom. The van der Waals surface area contributed by atoms with Crippen molar-refractivity contribution in [3.63, 3.8) is 0 Å². The number of pyridine rings is 1. The number of halogens is 2. The third kappa shape index (κ3) is 5.73. The average Bonchev–Trinajstić information content (AvgIpc) is 3.48. The topological polar surface area (TPSA) is 71.5 Å². The summed E-state index contributed by atoms with van der Waals surface area (Å²) in [5.41, 5.74) is 2.27. The van der Waals surface area contributed by atoms with Crippen molar-refractivity contribution in [2.75, 3.05) is 44.2 Å². The lowest BCUT2D eigenvalue weighted by Crippen LogP contribution is -2.63. The molecule has 2 atom stereocenters. The number of hydrogen-bond donors (Lipinski definition) is 2. The Morgan fingerprint density at radius 3 is 2.50 bits per heavy atom. The summed E-state index contributed by atoms with van der Waals surface area (Å²) in [6.07, 6.45) is 9.42. The zero-order valence-corrected chi connectivity index (χ0v) is 23.8. The van der Waals surface area contributed by atoms with Crippen LogP contribution < -0.4 is 4.90 Å². The molecule has 204 valence electrons. The van der Waals surface area contributed by atoms with E-state index < -0.39 is 0 Å². The standard InChI is InChI=1S/C29H38Cl2N6O/c1-3-24-20-36(28-25(31)18-22(19-34-28)27-32-11-12-33-27)15-16-37(24)29(2)9-13-35(14-10-29)26(8-17-38)21-4-6-23(30)7-5-21/h4-7,11-12,18-19,24,26,38H,3,8-10,13-17,20H2,1-2H3,(H,32,33)/t24-,26?/m0/s1. The molecular formula is C29H38Cl2N6O. The van der Waals surface area contributed by atoms with Crippen LogP contribution in [0.4, 0.5) is 5.82 Å². The molecule has 1 unspecified atom stereocenters. The molecule has 2 aliphatic heterocycles. The van der Waals surface area contributed by atoms with Gasteiger partial charge in [0.1, 0.15) is 11.6 Å². The second kappa shape index (κ2) is 11.9. The van der Waals surface area contributed by atoms with Crippen LogP contribution in [0.2, 0.25) is 10.0 Å². The lowest BCUT2D eigenvalue weighted by atomic mass is 9.84. The number of aliphatic hydroxyl groups excluding tert-OH is 1. The number of anilines is 1. The van der Waals surface area contributed by atoms with E-state index in [1.807, 2.05) is 24.4 Å². The van der Waals surface area contributed by atoms with Crippen LogP contribution in [0, 0.1) is 0 Å². The van der Waals surface area contributed by atoms with Crippen LogP contribution in [0.1, 0.15) is 51.1 Å². The second-order valence-electron chi connectivity index (χ2n) is 10.8. The molecule has 0 aliphatic carbocycles. The summed E-state index contributed by atoms with van der Waals surface area (Å²) in [5, 5.41) is 11.2. The highest BCUT2D eigenvalue weighted by Crippen LogP contribution is 2.38. The van der Waals surface area contributed by atoms with Crippen molar-refractivity contribution in [2.24, 2.45) is 0 Å². The highest BCUT2D eigenvalue weighted by Gasteiger charge is 2.42. The number of nitrogens with zero attached hydrogens (tertiary/aromatic N) is 5. The summed E-state index contributed by atoms with van der Waals surface area (Å²) < 4.78 is 0. The first-order chi connectivity index (χ1) is 18.4. The summed E-state index contributed by atoms with van der Waals surface area (Å²) >= 11 is 12.9. The number of aromatic nitrogens is 3. The summed E-state index contributed by atoms with van der Waals surface area (Å²) in [7, 11) is 0. The highest BCUT2D eigenvalue weighted by molar-refractivity contribution is 6.33. The number of likely N-dealkylation sites (tertiary alicyclic amines) is 1. The lowest BCUT2D eigenvalue weighted by molar-refractivity contribution is -0.0159. The fraction of sp³-hybridized carbons (Fsp3) is 0.517. The zero-order valence-electron chi connectivity index (χ0n) is 22.3. The number of aliphatic hydroxyl groups is 1. The average molecular weight is 558 g/mol. The first-order valence-corrected chi connectivity index (χ1v) is 14.4. The van der Waals surface area contributed by atoms with E-state index in [4.69, 9.17) is 28.2 Å². The van der Waals surface area contributed by atoms with Gasteiger partial charge in [0.15, 0.2) is 0 Å². The van der Waals surface area contributed by atoms with Crippen LogP contribution in [0.3, 0.4) is 0 Å². The minimum absolute atomic E-state index is 0.146. The number of benzene rings is 1. The van der Waals surface area contributed by atoms with Gasteiger partial charge in [0.2, 0.25) is 0 Å². The van der Waals surface area contributed by atoms with Gasteiger partial charge in [0, 0.05) is 86.1 Å². The van der Waals surface area contributed by atoms with Gasteiger partial charge in [-0.1, -0.05) is 42.3 Å². The van der Waals surface area contributed by atoms with Crippen LogP contribution in [-0.4, -0.2) is 80.8 Å². The van der Waals surface area contributed by atoms with Crippen molar-refractivity contribution in [3.05, 3.63) is 64.5 Å². The molecule has 5 rings (SSSR count). The molecule has 2 saturated heterocycles. The fourth-order valence-electron chi connectivity index (χ4n) is 6.30. The third-order valence-corrected chi connectivity index (χ3v) is 9.04. The van der Waals surface area contributed by atoms with Crippen LogP contribution in [0.25, 0.3) is 11.4 Å². The molecule has 0 amide bonds. The predicted molar refractivity (Wildman–Crippen MR) is 155 cm³/mol. The molecule has 2 aliphatic rings. The number of piperazine rings is 1. The Balaban J connectivity index is 1.25. The van der Waals surface area contributed by atoms with Gasteiger partial charge in [-0.2, -0.15) is 0 Å². The molecule has 4 heterocycles. The largest absolute Gasteiger partial charge is 0.396 e. The van der Waals surface area contributed by atoms with E-state index in [2.05, 4.69) is 50.6 Å². The molecule has 1 aromatic carbocycles. The number of imidazole rings is 1. The summed E-state index contributed by atoms with van der Waals surface area (Å²) in [6.45, 7) is 9.75. The number of hydrogen-bond acceptors (Lipinski definition) is 6. The zero-order chi connectivity index (χ0) is 26.7. The van der Waals surface area contributed by atoms with E-state index in [9.17, 15) is 5.11 Å². The summed E-state index contributed by atoms with van der Waals surface area (Å²) in [6, 6.07) is 10.7. The fourth-order valence-corrected chi connectivity index (χ4v) is 6.71. The maximum Gasteiger partial charge on any atom is 0.147 e. The second-order valence-corrected chi connectivity index (χ2v) is 11.6. The number of aromatic amines is 1. The van der Waals surface area contributed by atoms with Gasteiger partial charge in [-0.3, -0.25) is 9.80 Å². The minimum atomic E-state index is 0.146. The van der Waals surface area contributed by atoms with Gasteiger partial charge in [0.05, 0.1) is 5.02 Å². The van der Waals surface area contributed by atoms with E-state index in [0.29, 0.717) is 11.1 Å². The first kappa shape index (κ1) is 27.4. The molecule has 0 saturated carbocycles. The monoisotopic (exact) mass is 556 g/mol. The molecule has 0 bridgehead atoms. The van der Waals surface area contributed by atoms with Gasteiger partial charge in [-0.25, -0.2) is 9.97 Å². The molecule has 2 fully saturated rings. The number of nitrogens with one attached hydrogen (secondary N) is 1. The van der Waals surface area contributed by atoms with E-state index in [1.165, 1.54) is 5.56 Å². The Labute approximate surface area is 235 Å². The van der Waals surface area contributed by atoms with Crippen molar-refractivity contribution < 1.29 is 5.11 Å². The molecule has 2 N–H and O–H groups in total. The summed E-state index contributed by atoms with van der Waals surface area (Å²) in [4.78, 5) is 19.8. The molecule has 9 heteroatoms. The van der Waals surface area contributed by atoms with Gasteiger partial charge in [-0.05, 0) is 56.4 Å². The van der Waals surface area contributed by atoms with Crippen LogP contribution in [0.5, 0.6) is 0 Å². The molecular weight excluding hydrogens is 519 g/mol. The Hall–Kier alpha value is -2.16. The van der Waals surface area contributed by atoms with Crippen LogP contribution in [-0.2, 0) is 0 Å². The number of H-pyrrole nitrogens is 1. The molecule has 7 nitrogen and oxygen atoms in total. The molecule has 3 aromatic rings. The van der Waals surface area contributed by atoms with E-state index in [0.717, 1.165) is 80.6 Å². The van der Waals surface area contributed by atoms with Gasteiger partial charge in [0.25, 0.3) is 0 Å². The normalized spacial score (nSPS) is 21.5. The van der Waals surface area contributed by atoms with Gasteiger partial charge >= 0.3 is 0 Å². The van der Waals surface area contributed by atoms with Crippen LogP contribution >= 0.6 is 23.2 Å². The minimum Gasteiger partial charge on any atom is -0.396 e. The molecule has 0 radical (unpaired) electrons. The van der Waals surface area contributed by atoms with E-state index in [-0.39, 0.29) is 18.2 Å². The first-order valence-electron chi connectivity index (χ1n) is 13.7. The quantitative estimate of drug-likeness (QED) is 0.373. The van der Waals surface area contributed by atoms with Crippen LogP contribution in [0.15, 0.2) is 48.9 Å². The highest BCUT2D eigenvalue weighted by atomic mass is 35.5. The third-order valence-electron chi connectivity index (χ3n) is 8.51. The van der Waals surface area contributed by atoms with Gasteiger partial charge in [-0.15, -0.1) is 0 Å². The van der Waals surface area contributed by atoms with Crippen molar-refractivity contribution in [2.45, 2.75) is 57.2 Å². The van der Waals surface area contributed by atoms with E-state index in [1.54, 1.807) is 12.4 Å². The predicted octanol–water partition coefficient (Wildman–Crippen LogP) is 5.66. The van der Waals surface area contributed by atoms with Crippen molar-refractivity contribution >= 4 is 29.0 Å². The van der Waals surface area contributed by atoms with Crippen molar-refractivity contribution in [1.82, 2.24) is 24.8 Å². The summed E-state index contributed by atoms with van der Waals surface area (Å²) in [5.74, 6) is 1.63.